The highest BCUT2D eigenvalue weighted by molar-refractivity contribution is 5.33. The zero-order valence-corrected chi connectivity index (χ0v) is 9.91. The SMILES string of the molecule is CC(C)(O)C(O)c1ccnn1-c1ccccc1. The Morgan fingerprint density at radius 3 is 2.41 bits per heavy atom. The molecule has 1 aromatic heterocycles. The molecule has 0 aliphatic heterocycles. The minimum atomic E-state index is -1.20. The molecule has 1 unspecified atom stereocenters. The molecule has 2 rings (SSSR count). The first-order chi connectivity index (χ1) is 8.00. The molecule has 0 aliphatic carbocycles. The lowest BCUT2D eigenvalue weighted by Crippen LogP contribution is -2.30. The van der Waals surface area contributed by atoms with Crippen LogP contribution < -0.4 is 0 Å². The second-order valence-electron chi connectivity index (χ2n) is 4.56. The minimum absolute atomic E-state index is 0.573. The topological polar surface area (TPSA) is 58.3 Å². The van der Waals surface area contributed by atoms with Crippen molar-refractivity contribution in [2.75, 3.05) is 0 Å². The van der Waals surface area contributed by atoms with E-state index < -0.39 is 11.7 Å². The second-order valence-corrected chi connectivity index (χ2v) is 4.56. The maximum Gasteiger partial charge on any atom is 0.124 e. The van der Waals surface area contributed by atoms with Gasteiger partial charge in [-0.25, -0.2) is 4.68 Å². The summed E-state index contributed by atoms with van der Waals surface area (Å²) < 4.78 is 1.63. The Balaban J connectivity index is 2.43. The van der Waals surface area contributed by atoms with Crippen molar-refractivity contribution in [3.63, 3.8) is 0 Å². The zero-order chi connectivity index (χ0) is 12.5. The summed E-state index contributed by atoms with van der Waals surface area (Å²) in [6.07, 6.45) is 0.627. The maximum absolute atomic E-state index is 10.1. The summed E-state index contributed by atoms with van der Waals surface area (Å²) in [5.74, 6) is 0. The number of rotatable bonds is 3. The van der Waals surface area contributed by atoms with E-state index in [1.54, 1.807) is 30.8 Å². The first-order valence-corrected chi connectivity index (χ1v) is 5.50. The standard InChI is InChI=1S/C13H16N2O2/c1-13(2,17)12(16)11-8-9-14-15(11)10-6-4-3-5-7-10/h3-9,12,16-17H,1-2H3. The van der Waals surface area contributed by atoms with Crippen LogP contribution in [-0.4, -0.2) is 25.6 Å². The molecule has 1 aromatic carbocycles. The lowest BCUT2D eigenvalue weighted by Gasteiger charge is -2.25. The summed E-state index contributed by atoms with van der Waals surface area (Å²) in [5.41, 5.74) is 0.228. The van der Waals surface area contributed by atoms with Gasteiger partial charge in [0.25, 0.3) is 0 Å². The van der Waals surface area contributed by atoms with E-state index in [9.17, 15) is 10.2 Å². The monoisotopic (exact) mass is 232 g/mol. The van der Waals surface area contributed by atoms with E-state index in [0.29, 0.717) is 5.69 Å². The number of aliphatic hydroxyl groups is 2. The molecule has 1 atom stereocenters. The Hall–Kier alpha value is -1.65. The number of aliphatic hydroxyl groups excluding tert-OH is 1. The summed E-state index contributed by atoms with van der Waals surface area (Å²) in [5, 5.41) is 24.1. The molecule has 0 aliphatic rings. The van der Waals surface area contributed by atoms with Crippen molar-refractivity contribution in [1.29, 1.82) is 0 Å². The molecule has 1 heterocycles. The average Bonchev–Trinajstić information content (AvgIpc) is 2.76. The highest BCUT2D eigenvalue weighted by Crippen LogP contribution is 2.26. The van der Waals surface area contributed by atoms with Crippen molar-refractivity contribution in [2.45, 2.75) is 25.6 Å². The minimum Gasteiger partial charge on any atom is -0.387 e. The molecule has 0 fully saturated rings. The Labute approximate surface area is 100 Å². The fraction of sp³-hybridized carbons (Fsp3) is 0.308. The van der Waals surface area contributed by atoms with Gasteiger partial charge in [0.15, 0.2) is 0 Å². The predicted molar refractivity (Wildman–Crippen MR) is 64.8 cm³/mol. The van der Waals surface area contributed by atoms with E-state index in [2.05, 4.69) is 5.10 Å². The molecular weight excluding hydrogens is 216 g/mol. The van der Waals surface area contributed by atoms with Gasteiger partial charge in [0, 0.05) is 6.20 Å². The van der Waals surface area contributed by atoms with E-state index in [1.165, 1.54) is 0 Å². The van der Waals surface area contributed by atoms with Crippen LogP contribution in [0.1, 0.15) is 25.6 Å². The van der Waals surface area contributed by atoms with Crippen molar-refractivity contribution in [3.8, 4) is 5.69 Å². The van der Waals surface area contributed by atoms with Crippen molar-refractivity contribution in [1.82, 2.24) is 9.78 Å². The normalized spacial score (nSPS) is 13.6. The van der Waals surface area contributed by atoms with E-state index in [4.69, 9.17) is 0 Å². The molecule has 0 spiro atoms. The van der Waals surface area contributed by atoms with Gasteiger partial charge in [-0.05, 0) is 32.0 Å². The van der Waals surface area contributed by atoms with E-state index in [0.717, 1.165) is 5.69 Å². The largest absolute Gasteiger partial charge is 0.387 e. The molecule has 2 N–H and O–H groups in total. The van der Waals surface area contributed by atoms with Crippen LogP contribution in [0.4, 0.5) is 0 Å². The van der Waals surface area contributed by atoms with Crippen molar-refractivity contribution in [3.05, 3.63) is 48.3 Å². The highest BCUT2D eigenvalue weighted by Gasteiger charge is 2.29. The number of nitrogens with zero attached hydrogens (tertiary/aromatic N) is 2. The van der Waals surface area contributed by atoms with Crippen LogP contribution in [0.3, 0.4) is 0 Å². The number of hydrogen-bond acceptors (Lipinski definition) is 3. The third-order valence-electron chi connectivity index (χ3n) is 2.62. The smallest absolute Gasteiger partial charge is 0.124 e. The van der Waals surface area contributed by atoms with E-state index in [1.807, 2.05) is 30.3 Å². The summed E-state index contributed by atoms with van der Waals surface area (Å²) in [4.78, 5) is 0. The molecule has 0 saturated heterocycles. The van der Waals surface area contributed by atoms with Crippen molar-refractivity contribution < 1.29 is 10.2 Å². The van der Waals surface area contributed by atoms with Gasteiger partial charge in [-0.3, -0.25) is 0 Å². The van der Waals surface area contributed by atoms with Gasteiger partial charge < -0.3 is 10.2 Å². The lowest BCUT2D eigenvalue weighted by molar-refractivity contribution is -0.0528. The second kappa shape index (κ2) is 4.31. The van der Waals surface area contributed by atoms with E-state index in [-0.39, 0.29) is 0 Å². The van der Waals surface area contributed by atoms with Crippen molar-refractivity contribution >= 4 is 0 Å². The summed E-state index contributed by atoms with van der Waals surface area (Å²) in [6, 6.07) is 11.2. The third kappa shape index (κ3) is 2.38. The van der Waals surface area contributed by atoms with Gasteiger partial charge >= 0.3 is 0 Å². The van der Waals surface area contributed by atoms with Crippen molar-refractivity contribution in [2.24, 2.45) is 0 Å². The number of para-hydroxylation sites is 1. The Morgan fingerprint density at radius 2 is 1.82 bits per heavy atom. The van der Waals surface area contributed by atoms with Gasteiger partial charge in [-0.15, -0.1) is 0 Å². The fourth-order valence-corrected chi connectivity index (χ4v) is 1.67. The Bertz CT molecular complexity index is 486. The Kier molecular flexibility index (Phi) is 3.00. The molecule has 0 amide bonds. The van der Waals surface area contributed by atoms with Crippen LogP contribution in [0, 0.1) is 0 Å². The first-order valence-electron chi connectivity index (χ1n) is 5.50. The molecule has 0 saturated carbocycles. The summed E-state index contributed by atoms with van der Waals surface area (Å²) in [6.45, 7) is 3.14. The summed E-state index contributed by atoms with van der Waals surface area (Å²) >= 11 is 0. The van der Waals surface area contributed by atoms with Crippen LogP contribution >= 0.6 is 0 Å². The van der Waals surface area contributed by atoms with Crippen LogP contribution in [0.15, 0.2) is 42.6 Å². The van der Waals surface area contributed by atoms with Crippen LogP contribution in [0.5, 0.6) is 0 Å². The quantitative estimate of drug-likeness (QED) is 0.846. The van der Waals surface area contributed by atoms with Gasteiger partial charge in [-0.2, -0.15) is 5.10 Å². The molecule has 90 valence electrons. The molecule has 2 aromatic rings. The summed E-state index contributed by atoms with van der Waals surface area (Å²) in [7, 11) is 0. The molecule has 4 heteroatoms. The number of aromatic nitrogens is 2. The zero-order valence-electron chi connectivity index (χ0n) is 9.91. The maximum atomic E-state index is 10.1. The molecule has 0 radical (unpaired) electrons. The molecule has 17 heavy (non-hydrogen) atoms. The van der Waals surface area contributed by atoms with Gasteiger partial charge in [-0.1, -0.05) is 18.2 Å². The highest BCUT2D eigenvalue weighted by atomic mass is 16.3. The fourth-order valence-electron chi connectivity index (χ4n) is 1.67. The average molecular weight is 232 g/mol. The van der Waals surface area contributed by atoms with E-state index >= 15 is 0 Å². The van der Waals surface area contributed by atoms with Crippen LogP contribution in [-0.2, 0) is 0 Å². The van der Waals surface area contributed by atoms with Crippen LogP contribution in [0.2, 0.25) is 0 Å². The molecule has 4 nitrogen and oxygen atoms in total. The lowest BCUT2D eigenvalue weighted by atomic mass is 9.99. The van der Waals surface area contributed by atoms with Gasteiger partial charge in [0.2, 0.25) is 0 Å². The van der Waals surface area contributed by atoms with Gasteiger partial charge in [0.1, 0.15) is 6.10 Å². The molecule has 0 bridgehead atoms. The van der Waals surface area contributed by atoms with Crippen LogP contribution in [0.25, 0.3) is 5.69 Å². The first kappa shape index (κ1) is 11.8. The third-order valence-corrected chi connectivity index (χ3v) is 2.62. The predicted octanol–water partition coefficient (Wildman–Crippen LogP) is 1.68. The number of hydrogen-bond donors (Lipinski definition) is 2. The number of benzene rings is 1. The Morgan fingerprint density at radius 1 is 1.18 bits per heavy atom. The van der Waals surface area contributed by atoms with Gasteiger partial charge in [0.05, 0.1) is 17.0 Å². The molecular formula is C13H16N2O2.